The van der Waals surface area contributed by atoms with Gasteiger partial charge in [0.2, 0.25) is 5.78 Å². The van der Waals surface area contributed by atoms with Gasteiger partial charge in [-0.3, -0.25) is 4.79 Å². The molecule has 2 aliphatic rings. The number of carbonyl (C=O) groups is 1. The molecule has 0 atom stereocenters. The van der Waals surface area contributed by atoms with Gasteiger partial charge in [0, 0.05) is 10.9 Å². The highest BCUT2D eigenvalue weighted by Gasteiger charge is 2.33. The molecule has 5 rings (SSSR count). The van der Waals surface area contributed by atoms with Crippen molar-refractivity contribution in [1.29, 1.82) is 0 Å². The van der Waals surface area contributed by atoms with Crippen LogP contribution >= 0.6 is 0 Å². The quantitative estimate of drug-likeness (QED) is 0.630. The predicted octanol–water partition coefficient (Wildman–Crippen LogP) is 3.57. The normalized spacial score (nSPS) is 15.1. The van der Waals surface area contributed by atoms with Crippen molar-refractivity contribution < 1.29 is 18.7 Å². The molecule has 2 aliphatic heterocycles. The fourth-order valence-corrected chi connectivity index (χ4v) is 3.10. The van der Waals surface area contributed by atoms with Crippen LogP contribution in [0.1, 0.15) is 15.9 Å². The number of rotatable bonds is 0. The Labute approximate surface area is 119 Å². The Morgan fingerprint density at radius 3 is 2.81 bits per heavy atom. The van der Waals surface area contributed by atoms with Crippen molar-refractivity contribution in [2.24, 2.45) is 0 Å². The second-order valence-corrected chi connectivity index (χ2v) is 5.22. The fraction of sp³-hybridized carbons (Fsp3) is 0.118. The Hall–Kier alpha value is -2.75. The molecular weight excluding hydrogens is 268 g/mol. The molecule has 0 saturated carbocycles. The maximum absolute atomic E-state index is 12.0. The number of Topliss-reactive ketones (excluding diaryl/α,β-unsaturated/α-hetero) is 1. The van der Waals surface area contributed by atoms with Crippen LogP contribution in [-0.4, -0.2) is 12.4 Å². The van der Waals surface area contributed by atoms with Gasteiger partial charge in [0.1, 0.15) is 35.0 Å². The maximum Gasteiger partial charge on any atom is 0.207 e. The van der Waals surface area contributed by atoms with Crippen molar-refractivity contribution in [3.05, 3.63) is 47.5 Å². The lowest BCUT2D eigenvalue weighted by atomic mass is 9.98. The van der Waals surface area contributed by atoms with Crippen molar-refractivity contribution in [1.82, 2.24) is 0 Å². The Morgan fingerprint density at radius 1 is 0.952 bits per heavy atom. The van der Waals surface area contributed by atoms with Crippen molar-refractivity contribution >= 4 is 16.8 Å². The maximum atomic E-state index is 12.0. The highest BCUT2D eigenvalue weighted by molar-refractivity contribution is 6.07. The standard InChI is InChI=1S/C17H10O4/c18-12-8-19-14-6-5-10-16-11(7-20-17(10)15(12)14)9-3-1-2-4-13(9)21-16/h1-6H,7-8H2. The molecular formula is C17H10O4. The van der Waals surface area contributed by atoms with Gasteiger partial charge in [0.15, 0.2) is 6.61 Å². The van der Waals surface area contributed by atoms with Gasteiger partial charge in [0.05, 0.1) is 5.56 Å². The zero-order valence-corrected chi connectivity index (χ0v) is 11.0. The molecule has 0 bridgehead atoms. The molecule has 21 heavy (non-hydrogen) atoms. The topological polar surface area (TPSA) is 48.7 Å². The van der Waals surface area contributed by atoms with Gasteiger partial charge < -0.3 is 13.9 Å². The lowest BCUT2D eigenvalue weighted by Gasteiger charge is -2.18. The van der Waals surface area contributed by atoms with E-state index in [2.05, 4.69) is 0 Å². The monoisotopic (exact) mass is 278 g/mol. The molecule has 4 heteroatoms. The number of hydrogen-bond acceptors (Lipinski definition) is 4. The van der Waals surface area contributed by atoms with E-state index < -0.39 is 0 Å². The summed E-state index contributed by atoms with van der Waals surface area (Å²) in [5.74, 6) is 1.93. The molecule has 1 aromatic heterocycles. The van der Waals surface area contributed by atoms with E-state index in [4.69, 9.17) is 13.9 Å². The second kappa shape index (κ2) is 3.67. The Morgan fingerprint density at radius 2 is 1.86 bits per heavy atom. The summed E-state index contributed by atoms with van der Waals surface area (Å²) < 4.78 is 17.2. The molecule has 0 unspecified atom stereocenters. The molecule has 4 nitrogen and oxygen atoms in total. The molecule has 102 valence electrons. The zero-order valence-electron chi connectivity index (χ0n) is 11.0. The Kier molecular flexibility index (Phi) is 1.91. The van der Waals surface area contributed by atoms with Crippen molar-refractivity contribution in [3.63, 3.8) is 0 Å². The smallest absolute Gasteiger partial charge is 0.207 e. The molecule has 0 radical (unpaired) electrons. The summed E-state index contributed by atoms with van der Waals surface area (Å²) in [6, 6.07) is 11.6. The van der Waals surface area contributed by atoms with E-state index in [1.807, 2.05) is 36.4 Å². The van der Waals surface area contributed by atoms with Gasteiger partial charge in [-0.25, -0.2) is 0 Å². The fourth-order valence-electron chi connectivity index (χ4n) is 3.10. The molecule has 0 aliphatic carbocycles. The summed E-state index contributed by atoms with van der Waals surface area (Å²) in [6.45, 7) is 0.491. The van der Waals surface area contributed by atoms with Crippen LogP contribution in [0.3, 0.4) is 0 Å². The highest BCUT2D eigenvalue weighted by Crippen LogP contribution is 2.47. The van der Waals surface area contributed by atoms with E-state index in [0.717, 1.165) is 27.9 Å². The third kappa shape index (κ3) is 1.31. The van der Waals surface area contributed by atoms with Gasteiger partial charge in [-0.1, -0.05) is 18.2 Å². The molecule has 0 fully saturated rings. The van der Waals surface area contributed by atoms with E-state index in [-0.39, 0.29) is 12.4 Å². The lowest BCUT2D eigenvalue weighted by molar-refractivity contribution is 0.0958. The third-order valence-electron chi connectivity index (χ3n) is 4.06. The largest absolute Gasteiger partial charge is 0.487 e. The molecule has 0 saturated heterocycles. The van der Waals surface area contributed by atoms with Crippen LogP contribution in [0.15, 0.2) is 40.8 Å². The summed E-state index contributed by atoms with van der Waals surface area (Å²) >= 11 is 0. The average molecular weight is 278 g/mol. The van der Waals surface area contributed by atoms with Gasteiger partial charge in [0.25, 0.3) is 0 Å². The lowest BCUT2D eigenvalue weighted by Crippen LogP contribution is -2.08. The van der Waals surface area contributed by atoms with Crippen molar-refractivity contribution in [3.8, 4) is 22.8 Å². The van der Waals surface area contributed by atoms with E-state index in [1.165, 1.54) is 0 Å². The summed E-state index contributed by atoms with van der Waals surface area (Å²) in [7, 11) is 0. The summed E-state index contributed by atoms with van der Waals surface area (Å²) in [4.78, 5) is 12.0. The predicted molar refractivity (Wildman–Crippen MR) is 75.8 cm³/mol. The molecule has 2 aromatic carbocycles. The first-order valence-corrected chi connectivity index (χ1v) is 6.79. The first kappa shape index (κ1) is 11.0. The number of furan rings is 1. The van der Waals surface area contributed by atoms with Crippen molar-refractivity contribution in [2.45, 2.75) is 6.61 Å². The number of hydrogen-bond donors (Lipinski definition) is 0. The van der Waals surface area contributed by atoms with Crippen LogP contribution in [0.2, 0.25) is 0 Å². The summed E-state index contributed by atoms with van der Waals surface area (Å²) in [5, 5.41) is 1.06. The van der Waals surface area contributed by atoms with E-state index >= 15 is 0 Å². The zero-order chi connectivity index (χ0) is 14.0. The number of ketones is 1. The minimum atomic E-state index is -0.0404. The van der Waals surface area contributed by atoms with Crippen LogP contribution in [0.4, 0.5) is 0 Å². The van der Waals surface area contributed by atoms with Gasteiger partial charge in [-0.05, 0) is 18.2 Å². The first-order valence-electron chi connectivity index (χ1n) is 6.79. The number of fused-ring (bicyclic) bond motifs is 7. The van der Waals surface area contributed by atoms with E-state index in [0.29, 0.717) is 23.7 Å². The van der Waals surface area contributed by atoms with Crippen LogP contribution in [0.25, 0.3) is 22.3 Å². The van der Waals surface area contributed by atoms with Crippen LogP contribution in [-0.2, 0) is 6.61 Å². The molecule has 0 spiro atoms. The SMILES string of the molecule is O=C1COc2ccc3c(c21)OCc1c-3oc2ccccc12. The first-order chi connectivity index (χ1) is 10.3. The van der Waals surface area contributed by atoms with Crippen LogP contribution in [0, 0.1) is 0 Å². The minimum Gasteiger partial charge on any atom is -0.487 e. The number of para-hydroxylation sites is 1. The Bertz CT molecular complexity index is 920. The molecule has 0 N–H and O–H groups in total. The molecule has 3 aromatic rings. The Balaban J connectivity index is 1.85. The average Bonchev–Trinajstić information content (AvgIpc) is 3.08. The number of carbonyl (C=O) groups excluding carboxylic acids is 1. The molecule has 3 heterocycles. The van der Waals surface area contributed by atoms with Crippen molar-refractivity contribution in [2.75, 3.05) is 6.61 Å². The molecule has 0 amide bonds. The van der Waals surface area contributed by atoms with Gasteiger partial charge >= 0.3 is 0 Å². The van der Waals surface area contributed by atoms with Gasteiger partial charge in [-0.15, -0.1) is 0 Å². The number of benzene rings is 2. The van der Waals surface area contributed by atoms with Gasteiger partial charge in [-0.2, -0.15) is 0 Å². The van der Waals surface area contributed by atoms with Crippen LogP contribution in [0.5, 0.6) is 11.5 Å². The highest BCUT2D eigenvalue weighted by atomic mass is 16.5. The van der Waals surface area contributed by atoms with Crippen LogP contribution < -0.4 is 9.47 Å². The minimum absolute atomic E-state index is 0.0404. The summed E-state index contributed by atoms with van der Waals surface area (Å²) in [6.07, 6.45) is 0. The van der Waals surface area contributed by atoms with E-state index in [9.17, 15) is 4.79 Å². The number of ether oxygens (including phenoxy) is 2. The third-order valence-corrected chi connectivity index (χ3v) is 4.06. The summed E-state index contributed by atoms with van der Waals surface area (Å²) in [5.41, 5.74) is 3.23. The second-order valence-electron chi connectivity index (χ2n) is 5.22. The van der Waals surface area contributed by atoms with E-state index in [1.54, 1.807) is 0 Å².